The summed E-state index contributed by atoms with van der Waals surface area (Å²) in [6.07, 6.45) is 1.32. The molecule has 0 saturated heterocycles. The van der Waals surface area contributed by atoms with Gasteiger partial charge in [-0.3, -0.25) is 0 Å². The van der Waals surface area contributed by atoms with Crippen LogP contribution in [-0.4, -0.2) is 20.5 Å². The van der Waals surface area contributed by atoms with Crippen molar-refractivity contribution in [2.75, 3.05) is 0 Å². The maximum Gasteiger partial charge on any atom is 0.240 e. The van der Waals surface area contributed by atoms with Crippen molar-refractivity contribution < 1.29 is 8.42 Å². The first-order chi connectivity index (χ1) is 7.87. The van der Waals surface area contributed by atoms with Gasteiger partial charge in [0, 0.05) is 22.1 Å². The van der Waals surface area contributed by atoms with Gasteiger partial charge < -0.3 is 5.73 Å². The molecule has 0 unspecified atom stereocenters. The predicted octanol–water partition coefficient (Wildman–Crippen LogP) is 1.76. The third-order valence-electron chi connectivity index (χ3n) is 2.64. The summed E-state index contributed by atoms with van der Waals surface area (Å²) in [5.74, 6) is 0. The summed E-state index contributed by atoms with van der Waals surface area (Å²) in [5.41, 5.74) is 5.60. The normalized spacial score (nSPS) is 24.4. The zero-order valence-corrected chi connectivity index (χ0v) is 11.2. The molecule has 1 aliphatic rings. The summed E-state index contributed by atoms with van der Waals surface area (Å²) in [7, 11) is -3.56. The van der Waals surface area contributed by atoms with E-state index in [1.54, 1.807) is 0 Å². The fourth-order valence-corrected chi connectivity index (χ4v) is 3.72. The Labute approximate surface area is 110 Å². The van der Waals surface area contributed by atoms with Crippen LogP contribution in [0.1, 0.15) is 12.8 Å². The van der Waals surface area contributed by atoms with Crippen molar-refractivity contribution in [1.29, 1.82) is 0 Å². The highest BCUT2D eigenvalue weighted by molar-refractivity contribution is 7.89. The van der Waals surface area contributed by atoms with Crippen LogP contribution < -0.4 is 10.5 Å². The average Bonchev–Trinajstić information content (AvgIpc) is 2.13. The molecule has 0 bridgehead atoms. The van der Waals surface area contributed by atoms with E-state index in [4.69, 9.17) is 28.9 Å². The van der Waals surface area contributed by atoms with Crippen molar-refractivity contribution in [3.8, 4) is 0 Å². The van der Waals surface area contributed by atoms with Crippen LogP contribution in [0.5, 0.6) is 0 Å². The highest BCUT2D eigenvalue weighted by Crippen LogP contribution is 2.24. The minimum Gasteiger partial charge on any atom is -0.328 e. The first-order valence-electron chi connectivity index (χ1n) is 5.11. The Kier molecular flexibility index (Phi) is 3.66. The van der Waals surface area contributed by atoms with Gasteiger partial charge in [0.15, 0.2) is 0 Å². The second-order valence-electron chi connectivity index (χ2n) is 4.15. The number of nitrogens with two attached hydrogens (primary N) is 1. The van der Waals surface area contributed by atoms with Crippen LogP contribution in [0.3, 0.4) is 0 Å². The first-order valence-corrected chi connectivity index (χ1v) is 7.35. The Balaban J connectivity index is 2.19. The molecule has 0 heterocycles. The number of hydrogen-bond acceptors (Lipinski definition) is 3. The summed E-state index contributed by atoms with van der Waals surface area (Å²) in [6.45, 7) is 0. The number of rotatable bonds is 3. The van der Waals surface area contributed by atoms with Crippen molar-refractivity contribution in [3.05, 3.63) is 28.2 Å². The van der Waals surface area contributed by atoms with Gasteiger partial charge in [-0.1, -0.05) is 23.2 Å². The summed E-state index contributed by atoms with van der Waals surface area (Å²) in [6, 6.07) is 4.22. The van der Waals surface area contributed by atoms with Crippen LogP contribution in [0.15, 0.2) is 23.1 Å². The van der Waals surface area contributed by atoms with Gasteiger partial charge in [-0.05, 0) is 31.0 Å². The molecule has 94 valence electrons. The van der Waals surface area contributed by atoms with E-state index in [9.17, 15) is 8.42 Å². The average molecular weight is 295 g/mol. The molecular weight excluding hydrogens is 283 g/mol. The van der Waals surface area contributed by atoms with E-state index in [1.807, 2.05) is 0 Å². The first kappa shape index (κ1) is 13.1. The van der Waals surface area contributed by atoms with E-state index in [-0.39, 0.29) is 17.0 Å². The molecule has 2 rings (SSSR count). The van der Waals surface area contributed by atoms with Crippen molar-refractivity contribution in [2.45, 2.75) is 29.8 Å². The number of nitrogens with one attached hydrogen (secondary N) is 1. The maximum absolute atomic E-state index is 12.0. The third kappa shape index (κ3) is 3.11. The monoisotopic (exact) mass is 294 g/mol. The van der Waals surface area contributed by atoms with Crippen molar-refractivity contribution in [3.63, 3.8) is 0 Å². The number of benzene rings is 1. The Bertz CT molecular complexity index is 507. The van der Waals surface area contributed by atoms with Crippen LogP contribution in [0.4, 0.5) is 0 Å². The SMILES string of the molecule is NC1CC(NS(=O)(=O)c2cc(Cl)cc(Cl)c2)C1. The second-order valence-corrected chi connectivity index (χ2v) is 6.74. The number of sulfonamides is 1. The fraction of sp³-hybridized carbons (Fsp3) is 0.400. The minimum absolute atomic E-state index is 0.0791. The largest absolute Gasteiger partial charge is 0.328 e. The molecule has 1 aromatic carbocycles. The Morgan fingerprint density at radius 2 is 1.71 bits per heavy atom. The van der Waals surface area contributed by atoms with Gasteiger partial charge in [0.2, 0.25) is 10.0 Å². The lowest BCUT2D eigenvalue weighted by atomic mass is 9.89. The maximum atomic E-state index is 12.0. The molecule has 1 fully saturated rings. The number of hydrogen-bond donors (Lipinski definition) is 2. The molecule has 1 saturated carbocycles. The molecule has 7 heteroatoms. The summed E-state index contributed by atoms with van der Waals surface area (Å²) < 4.78 is 26.5. The minimum atomic E-state index is -3.56. The highest BCUT2D eigenvalue weighted by atomic mass is 35.5. The van der Waals surface area contributed by atoms with Gasteiger partial charge in [-0.25, -0.2) is 13.1 Å². The van der Waals surface area contributed by atoms with Crippen LogP contribution in [0.25, 0.3) is 0 Å². The van der Waals surface area contributed by atoms with Gasteiger partial charge in [0.1, 0.15) is 0 Å². The molecule has 0 spiro atoms. The molecule has 0 radical (unpaired) electrons. The van der Waals surface area contributed by atoms with Crippen LogP contribution in [0, 0.1) is 0 Å². The molecule has 3 N–H and O–H groups in total. The zero-order chi connectivity index (χ0) is 12.6. The molecule has 17 heavy (non-hydrogen) atoms. The van der Waals surface area contributed by atoms with Crippen LogP contribution >= 0.6 is 23.2 Å². The lowest BCUT2D eigenvalue weighted by Crippen LogP contribution is -2.50. The van der Waals surface area contributed by atoms with Crippen molar-refractivity contribution in [1.82, 2.24) is 4.72 Å². The molecule has 0 aliphatic heterocycles. The lowest BCUT2D eigenvalue weighted by Gasteiger charge is -2.32. The molecule has 1 aromatic rings. The van der Waals surface area contributed by atoms with E-state index in [2.05, 4.69) is 4.72 Å². The van der Waals surface area contributed by atoms with Crippen molar-refractivity contribution >= 4 is 33.2 Å². The van der Waals surface area contributed by atoms with E-state index in [0.29, 0.717) is 22.9 Å². The second kappa shape index (κ2) is 4.74. The van der Waals surface area contributed by atoms with Gasteiger partial charge in [0.05, 0.1) is 4.90 Å². The molecule has 0 atom stereocenters. The highest BCUT2D eigenvalue weighted by Gasteiger charge is 2.30. The molecule has 4 nitrogen and oxygen atoms in total. The van der Waals surface area contributed by atoms with Gasteiger partial charge in [-0.15, -0.1) is 0 Å². The van der Waals surface area contributed by atoms with Gasteiger partial charge in [0.25, 0.3) is 0 Å². The Morgan fingerprint density at radius 1 is 1.18 bits per heavy atom. The summed E-state index contributed by atoms with van der Waals surface area (Å²) in [4.78, 5) is 0.0791. The van der Waals surface area contributed by atoms with Crippen LogP contribution in [-0.2, 0) is 10.0 Å². The van der Waals surface area contributed by atoms with Crippen molar-refractivity contribution in [2.24, 2.45) is 5.73 Å². The standard InChI is InChI=1S/C10H12Cl2N2O2S/c11-6-1-7(12)3-10(2-6)17(15,16)14-9-4-8(13)5-9/h1-3,8-9,14H,4-5,13H2. The quantitative estimate of drug-likeness (QED) is 0.892. The van der Waals surface area contributed by atoms with E-state index in [1.165, 1.54) is 18.2 Å². The van der Waals surface area contributed by atoms with Gasteiger partial charge >= 0.3 is 0 Å². The van der Waals surface area contributed by atoms with Gasteiger partial charge in [-0.2, -0.15) is 0 Å². The molecule has 1 aliphatic carbocycles. The molecular formula is C10H12Cl2N2O2S. The third-order valence-corrected chi connectivity index (χ3v) is 4.58. The Morgan fingerprint density at radius 3 is 2.18 bits per heavy atom. The van der Waals surface area contributed by atoms with E-state index < -0.39 is 10.0 Å². The Hall–Kier alpha value is -0.330. The zero-order valence-electron chi connectivity index (χ0n) is 8.86. The molecule has 0 amide bonds. The fourth-order valence-electron chi connectivity index (χ4n) is 1.73. The molecule has 0 aromatic heterocycles. The van der Waals surface area contributed by atoms with E-state index >= 15 is 0 Å². The predicted molar refractivity (Wildman–Crippen MR) is 67.8 cm³/mol. The van der Waals surface area contributed by atoms with E-state index in [0.717, 1.165) is 0 Å². The topological polar surface area (TPSA) is 72.2 Å². The number of halogens is 2. The lowest BCUT2D eigenvalue weighted by molar-refractivity contribution is 0.327. The van der Waals surface area contributed by atoms with Crippen LogP contribution in [0.2, 0.25) is 10.0 Å². The smallest absolute Gasteiger partial charge is 0.240 e. The summed E-state index contributed by atoms with van der Waals surface area (Å²) >= 11 is 11.5. The summed E-state index contributed by atoms with van der Waals surface area (Å²) in [5, 5.41) is 0.589.